The summed E-state index contributed by atoms with van der Waals surface area (Å²) in [5, 5.41) is 11.2. The maximum absolute atomic E-state index is 13.9. The van der Waals surface area contributed by atoms with Gasteiger partial charge in [-0.15, -0.1) is 0 Å². The largest absolute Gasteiger partial charge is 0.307 e. The maximum Gasteiger partial charge on any atom is 0.260 e. The van der Waals surface area contributed by atoms with Gasteiger partial charge in [-0.2, -0.15) is 10.2 Å². The molecule has 24 heavy (non-hydrogen) atoms. The highest BCUT2D eigenvalue weighted by Gasteiger charge is 2.18. The molecule has 1 N–H and O–H groups in total. The van der Waals surface area contributed by atoms with Gasteiger partial charge in [0.15, 0.2) is 0 Å². The molecule has 0 bridgehead atoms. The van der Waals surface area contributed by atoms with Gasteiger partial charge in [-0.05, 0) is 32.9 Å². The Balaban J connectivity index is 1.90. The van der Waals surface area contributed by atoms with E-state index in [1.165, 1.54) is 16.9 Å². The number of hydrogen-bond acceptors (Lipinski definition) is 3. The minimum atomic E-state index is -0.395. The molecule has 0 saturated heterocycles. The number of halogens is 1. The first-order valence-electron chi connectivity index (χ1n) is 7.63. The second kappa shape index (κ2) is 6.27. The van der Waals surface area contributed by atoms with Crippen LogP contribution in [0.5, 0.6) is 0 Å². The third-order valence-electron chi connectivity index (χ3n) is 3.74. The molecule has 1 aromatic carbocycles. The predicted octanol–water partition coefficient (Wildman–Crippen LogP) is 3.35. The van der Waals surface area contributed by atoms with Crippen LogP contribution < -0.4 is 5.32 Å². The van der Waals surface area contributed by atoms with E-state index in [1.54, 1.807) is 42.1 Å². The summed E-state index contributed by atoms with van der Waals surface area (Å²) in [7, 11) is 0. The molecule has 0 spiro atoms. The molecule has 0 unspecified atom stereocenters. The van der Waals surface area contributed by atoms with Gasteiger partial charge in [0, 0.05) is 12.1 Å². The Labute approximate surface area is 138 Å². The molecule has 0 aliphatic rings. The van der Waals surface area contributed by atoms with Crippen LogP contribution in [-0.4, -0.2) is 25.5 Å². The molecule has 124 valence electrons. The van der Waals surface area contributed by atoms with Crippen molar-refractivity contribution in [2.24, 2.45) is 0 Å². The van der Waals surface area contributed by atoms with E-state index in [0.717, 1.165) is 0 Å². The Morgan fingerprint density at radius 2 is 1.96 bits per heavy atom. The molecule has 0 radical (unpaired) electrons. The van der Waals surface area contributed by atoms with Gasteiger partial charge in [0.25, 0.3) is 5.91 Å². The standard InChI is InChI=1S/C17H18FN5O/c1-11(2)22-16(8-9-19-22)21-17(24)13-10-20-23(12(13)3)15-7-5-4-6-14(15)18/h4-11H,1-3H3,(H,21,24). The minimum Gasteiger partial charge on any atom is -0.307 e. The van der Waals surface area contributed by atoms with Gasteiger partial charge in [-0.1, -0.05) is 12.1 Å². The Morgan fingerprint density at radius 1 is 1.21 bits per heavy atom. The van der Waals surface area contributed by atoms with Gasteiger partial charge >= 0.3 is 0 Å². The van der Waals surface area contributed by atoms with Crippen LogP contribution in [0, 0.1) is 12.7 Å². The van der Waals surface area contributed by atoms with E-state index in [2.05, 4.69) is 15.5 Å². The van der Waals surface area contributed by atoms with E-state index < -0.39 is 5.82 Å². The van der Waals surface area contributed by atoms with Crippen LogP contribution in [0.2, 0.25) is 0 Å². The summed E-state index contributed by atoms with van der Waals surface area (Å²) < 4.78 is 17.1. The first-order valence-corrected chi connectivity index (χ1v) is 7.63. The van der Waals surface area contributed by atoms with Crippen molar-refractivity contribution < 1.29 is 9.18 Å². The van der Waals surface area contributed by atoms with Gasteiger partial charge in [-0.25, -0.2) is 13.8 Å². The Morgan fingerprint density at radius 3 is 2.67 bits per heavy atom. The zero-order valence-corrected chi connectivity index (χ0v) is 13.7. The number of amides is 1. The van der Waals surface area contributed by atoms with E-state index in [4.69, 9.17) is 0 Å². The molecule has 2 aromatic heterocycles. The van der Waals surface area contributed by atoms with E-state index in [-0.39, 0.29) is 11.9 Å². The number of rotatable bonds is 4. The van der Waals surface area contributed by atoms with E-state index >= 15 is 0 Å². The van der Waals surface area contributed by atoms with Crippen LogP contribution in [0.1, 0.15) is 35.9 Å². The average Bonchev–Trinajstić information content (AvgIpc) is 3.14. The summed E-state index contributed by atoms with van der Waals surface area (Å²) in [5.41, 5.74) is 1.25. The van der Waals surface area contributed by atoms with Gasteiger partial charge in [-0.3, -0.25) is 4.79 Å². The number of benzene rings is 1. The second-order valence-electron chi connectivity index (χ2n) is 5.72. The molecule has 3 rings (SSSR count). The molecule has 0 aliphatic heterocycles. The van der Waals surface area contributed by atoms with Crippen molar-refractivity contribution in [1.82, 2.24) is 19.6 Å². The molecule has 0 atom stereocenters. The quantitative estimate of drug-likeness (QED) is 0.799. The zero-order valence-electron chi connectivity index (χ0n) is 13.7. The minimum absolute atomic E-state index is 0.123. The van der Waals surface area contributed by atoms with Crippen molar-refractivity contribution in [2.45, 2.75) is 26.8 Å². The Hall–Kier alpha value is -2.96. The van der Waals surface area contributed by atoms with Crippen molar-refractivity contribution in [3.05, 3.63) is 59.8 Å². The van der Waals surface area contributed by atoms with Crippen LogP contribution in [-0.2, 0) is 0 Å². The van der Waals surface area contributed by atoms with Gasteiger partial charge in [0.2, 0.25) is 0 Å². The second-order valence-corrected chi connectivity index (χ2v) is 5.72. The topological polar surface area (TPSA) is 64.7 Å². The van der Waals surface area contributed by atoms with Gasteiger partial charge in [0.05, 0.1) is 23.7 Å². The fourth-order valence-electron chi connectivity index (χ4n) is 2.51. The molecule has 2 heterocycles. The highest BCUT2D eigenvalue weighted by molar-refractivity contribution is 6.04. The van der Waals surface area contributed by atoms with Gasteiger partial charge < -0.3 is 5.32 Å². The van der Waals surface area contributed by atoms with Crippen LogP contribution >= 0.6 is 0 Å². The van der Waals surface area contributed by atoms with Crippen molar-refractivity contribution in [2.75, 3.05) is 5.32 Å². The Kier molecular flexibility index (Phi) is 4.16. The molecular formula is C17H18FN5O. The zero-order chi connectivity index (χ0) is 17.3. The molecule has 7 heteroatoms. The summed E-state index contributed by atoms with van der Waals surface area (Å²) in [6.07, 6.45) is 3.07. The number of hydrogen-bond donors (Lipinski definition) is 1. The highest BCUT2D eigenvalue weighted by Crippen LogP contribution is 2.19. The number of carbonyl (C=O) groups excluding carboxylic acids is 1. The number of carbonyl (C=O) groups is 1. The summed E-state index contributed by atoms with van der Waals surface area (Å²) in [4.78, 5) is 12.5. The fourth-order valence-corrected chi connectivity index (χ4v) is 2.51. The number of aromatic nitrogens is 4. The molecule has 1 amide bonds. The fraction of sp³-hybridized carbons (Fsp3) is 0.235. The van der Waals surface area contributed by atoms with Crippen molar-refractivity contribution in [3.8, 4) is 5.69 Å². The third-order valence-corrected chi connectivity index (χ3v) is 3.74. The molecule has 0 fully saturated rings. The van der Waals surface area contributed by atoms with Crippen molar-refractivity contribution in [3.63, 3.8) is 0 Å². The number of para-hydroxylation sites is 1. The van der Waals surface area contributed by atoms with Gasteiger partial charge in [0.1, 0.15) is 17.3 Å². The maximum atomic E-state index is 13.9. The third kappa shape index (κ3) is 2.80. The van der Waals surface area contributed by atoms with Crippen LogP contribution in [0.4, 0.5) is 10.2 Å². The van der Waals surface area contributed by atoms with E-state index in [9.17, 15) is 9.18 Å². The molecule has 6 nitrogen and oxygen atoms in total. The first-order chi connectivity index (χ1) is 11.5. The summed E-state index contributed by atoms with van der Waals surface area (Å²) in [6, 6.07) is 8.16. The number of nitrogens with zero attached hydrogens (tertiary/aromatic N) is 4. The van der Waals surface area contributed by atoms with Crippen LogP contribution in [0.15, 0.2) is 42.7 Å². The number of anilines is 1. The van der Waals surface area contributed by atoms with Crippen molar-refractivity contribution in [1.29, 1.82) is 0 Å². The van der Waals surface area contributed by atoms with Crippen LogP contribution in [0.3, 0.4) is 0 Å². The molecular weight excluding hydrogens is 309 g/mol. The van der Waals surface area contributed by atoms with Crippen LogP contribution in [0.25, 0.3) is 5.69 Å². The van der Waals surface area contributed by atoms with E-state index in [0.29, 0.717) is 22.8 Å². The summed E-state index contributed by atoms with van der Waals surface area (Å²) in [5.74, 6) is -0.0981. The molecule has 0 aliphatic carbocycles. The van der Waals surface area contributed by atoms with Crippen molar-refractivity contribution >= 4 is 11.7 Å². The van der Waals surface area contributed by atoms with E-state index in [1.807, 2.05) is 13.8 Å². The summed E-state index contributed by atoms with van der Waals surface area (Å²) in [6.45, 7) is 5.68. The SMILES string of the molecule is Cc1c(C(=O)Nc2ccnn2C(C)C)cnn1-c1ccccc1F. The molecule has 3 aromatic rings. The Bertz CT molecular complexity index is 881. The lowest BCUT2D eigenvalue weighted by Gasteiger charge is -2.11. The predicted molar refractivity (Wildman–Crippen MR) is 88.8 cm³/mol. The first kappa shape index (κ1) is 15.9. The smallest absolute Gasteiger partial charge is 0.260 e. The normalized spacial score (nSPS) is 11.0. The lowest BCUT2D eigenvalue weighted by Crippen LogP contribution is -2.17. The molecule has 0 saturated carbocycles. The lowest BCUT2D eigenvalue weighted by atomic mass is 10.2. The average molecular weight is 327 g/mol. The lowest BCUT2D eigenvalue weighted by molar-refractivity contribution is 0.102. The monoisotopic (exact) mass is 327 g/mol. The highest BCUT2D eigenvalue weighted by atomic mass is 19.1. The summed E-state index contributed by atoms with van der Waals surface area (Å²) >= 11 is 0. The number of nitrogens with one attached hydrogen (secondary N) is 1.